The second-order valence-corrected chi connectivity index (χ2v) is 7.56. The molecule has 1 aliphatic rings. The van der Waals surface area contributed by atoms with E-state index in [-0.39, 0.29) is 10.5 Å². The molecule has 0 radical (unpaired) electrons. The van der Waals surface area contributed by atoms with E-state index in [1.165, 1.54) is 6.92 Å². The minimum Gasteiger partial charge on any atom is -0.351 e. The van der Waals surface area contributed by atoms with Gasteiger partial charge in [0.2, 0.25) is 6.04 Å². The standard InChI is InChI=1S/C14H18N4O5S/c1-8-5-3-4-6-10(8)12(16-17-14(15)19)13-9(2)11(18(20)21)7-24(13,22)23/h3-6,11-12,16H,7H2,1-2H3,(H3,15,17,19). The molecule has 10 heteroatoms. The molecular weight excluding hydrogens is 336 g/mol. The Labute approximate surface area is 139 Å². The molecule has 2 atom stereocenters. The van der Waals surface area contributed by atoms with Crippen molar-refractivity contribution < 1.29 is 18.1 Å². The Hall–Kier alpha value is -2.46. The van der Waals surface area contributed by atoms with E-state index in [4.69, 9.17) is 5.73 Å². The van der Waals surface area contributed by atoms with E-state index in [2.05, 4.69) is 10.9 Å². The van der Waals surface area contributed by atoms with E-state index in [9.17, 15) is 23.3 Å². The van der Waals surface area contributed by atoms with Crippen LogP contribution < -0.4 is 16.6 Å². The predicted molar refractivity (Wildman–Crippen MR) is 87.0 cm³/mol. The van der Waals surface area contributed by atoms with Gasteiger partial charge in [-0.05, 0) is 25.0 Å². The van der Waals surface area contributed by atoms with Crippen LogP contribution >= 0.6 is 0 Å². The third-order valence-corrected chi connectivity index (χ3v) is 5.94. The van der Waals surface area contributed by atoms with Crippen molar-refractivity contribution in [1.82, 2.24) is 10.9 Å². The largest absolute Gasteiger partial charge is 0.351 e. The van der Waals surface area contributed by atoms with Crippen molar-refractivity contribution in [1.29, 1.82) is 0 Å². The summed E-state index contributed by atoms with van der Waals surface area (Å²) in [7, 11) is -3.86. The van der Waals surface area contributed by atoms with E-state index in [1.54, 1.807) is 31.2 Å². The Kier molecular flexibility index (Phi) is 4.90. The van der Waals surface area contributed by atoms with Crippen molar-refractivity contribution in [2.75, 3.05) is 5.75 Å². The minimum atomic E-state index is -3.86. The first-order valence-corrected chi connectivity index (χ1v) is 8.73. The van der Waals surface area contributed by atoms with Crippen molar-refractivity contribution >= 4 is 15.9 Å². The number of nitrogens with one attached hydrogen (secondary N) is 2. The number of nitrogens with two attached hydrogens (primary N) is 1. The third kappa shape index (κ3) is 3.39. The fraction of sp³-hybridized carbons (Fsp3) is 0.357. The third-order valence-electron chi connectivity index (χ3n) is 3.96. The van der Waals surface area contributed by atoms with Crippen LogP contribution in [0, 0.1) is 17.0 Å². The lowest BCUT2D eigenvalue weighted by Gasteiger charge is -2.22. The number of aryl methyl sites for hydroxylation is 1. The Morgan fingerprint density at radius 1 is 1.38 bits per heavy atom. The number of nitrogens with zero attached hydrogens (tertiary/aromatic N) is 1. The van der Waals surface area contributed by atoms with Crippen LogP contribution in [0.15, 0.2) is 34.7 Å². The van der Waals surface area contributed by atoms with Gasteiger partial charge in [-0.1, -0.05) is 24.3 Å². The van der Waals surface area contributed by atoms with E-state index in [0.29, 0.717) is 5.56 Å². The Morgan fingerprint density at radius 2 is 2.00 bits per heavy atom. The average Bonchev–Trinajstić information content (AvgIpc) is 2.72. The molecule has 0 saturated heterocycles. The van der Waals surface area contributed by atoms with Gasteiger partial charge in [-0.2, -0.15) is 0 Å². The molecule has 2 rings (SSSR count). The maximum atomic E-state index is 12.5. The van der Waals surface area contributed by atoms with Gasteiger partial charge >= 0.3 is 6.03 Å². The first kappa shape index (κ1) is 17.9. The summed E-state index contributed by atoms with van der Waals surface area (Å²) in [6, 6.07) is 3.79. The SMILES string of the molecule is CC1=C(C(NNC(N)=O)c2ccccc2C)S(=O)(=O)CC1[N+](=O)[O-]. The van der Waals surface area contributed by atoms with Crippen molar-refractivity contribution in [2.45, 2.75) is 25.9 Å². The highest BCUT2D eigenvalue weighted by molar-refractivity contribution is 7.95. The lowest BCUT2D eigenvalue weighted by atomic mass is 9.98. The quantitative estimate of drug-likeness (QED) is 0.520. The second kappa shape index (κ2) is 6.57. The monoisotopic (exact) mass is 354 g/mol. The fourth-order valence-corrected chi connectivity index (χ4v) is 4.94. The molecule has 0 saturated carbocycles. The predicted octanol–water partition coefficient (Wildman–Crippen LogP) is 0.557. The molecule has 1 aromatic rings. The minimum absolute atomic E-state index is 0.104. The highest BCUT2D eigenvalue weighted by Gasteiger charge is 2.45. The van der Waals surface area contributed by atoms with Crippen LogP contribution in [0.1, 0.15) is 24.1 Å². The molecule has 2 amide bonds. The average molecular weight is 354 g/mol. The summed E-state index contributed by atoms with van der Waals surface area (Å²) in [5, 5.41) is 11.1. The summed E-state index contributed by atoms with van der Waals surface area (Å²) in [5.41, 5.74) is 11.3. The van der Waals surface area contributed by atoms with E-state index < -0.39 is 38.6 Å². The summed E-state index contributed by atoms with van der Waals surface area (Å²) in [6.45, 7) is 3.20. The summed E-state index contributed by atoms with van der Waals surface area (Å²) < 4.78 is 25.0. The number of hydrazine groups is 1. The molecule has 1 heterocycles. The van der Waals surface area contributed by atoms with E-state index in [0.717, 1.165) is 5.56 Å². The van der Waals surface area contributed by atoms with Gasteiger partial charge in [-0.25, -0.2) is 18.6 Å². The molecule has 0 bridgehead atoms. The van der Waals surface area contributed by atoms with Gasteiger partial charge in [0.1, 0.15) is 5.75 Å². The summed E-state index contributed by atoms with van der Waals surface area (Å²) in [5.74, 6) is -0.595. The molecule has 1 aromatic carbocycles. The van der Waals surface area contributed by atoms with Gasteiger partial charge in [0.25, 0.3) is 0 Å². The van der Waals surface area contributed by atoms with Crippen LogP contribution in [-0.4, -0.2) is 31.2 Å². The number of sulfone groups is 1. The Morgan fingerprint density at radius 3 is 2.50 bits per heavy atom. The van der Waals surface area contributed by atoms with Crippen molar-refractivity contribution in [3.63, 3.8) is 0 Å². The lowest BCUT2D eigenvalue weighted by Crippen LogP contribution is -2.44. The zero-order valence-corrected chi connectivity index (χ0v) is 14.0. The van der Waals surface area contributed by atoms with Crippen LogP contribution in [0.4, 0.5) is 4.79 Å². The zero-order chi connectivity index (χ0) is 18.1. The smallest absolute Gasteiger partial charge is 0.326 e. The summed E-state index contributed by atoms with van der Waals surface area (Å²) >= 11 is 0. The highest BCUT2D eigenvalue weighted by Crippen LogP contribution is 2.37. The van der Waals surface area contributed by atoms with Crippen LogP contribution in [0.5, 0.6) is 0 Å². The number of urea groups is 1. The van der Waals surface area contributed by atoms with Crippen LogP contribution in [0.2, 0.25) is 0 Å². The van der Waals surface area contributed by atoms with Gasteiger partial charge in [0.05, 0.1) is 10.9 Å². The van der Waals surface area contributed by atoms with Crippen LogP contribution in [0.25, 0.3) is 0 Å². The van der Waals surface area contributed by atoms with E-state index in [1.807, 2.05) is 0 Å². The molecule has 0 fully saturated rings. The van der Waals surface area contributed by atoms with Gasteiger partial charge < -0.3 is 5.73 Å². The summed E-state index contributed by atoms with van der Waals surface area (Å²) in [4.78, 5) is 21.4. The maximum Gasteiger partial charge on any atom is 0.326 e. The summed E-state index contributed by atoms with van der Waals surface area (Å²) in [6.07, 6.45) is 0. The molecule has 2 unspecified atom stereocenters. The molecule has 24 heavy (non-hydrogen) atoms. The first-order chi connectivity index (χ1) is 11.1. The fourth-order valence-electron chi connectivity index (χ4n) is 2.80. The molecular formula is C14H18N4O5S. The lowest BCUT2D eigenvalue weighted by molar-refractivity contribution is -0.505. The molecule has 0 aromatic heterocycles. The van der Waals surface area contributed by atoms with Gasteiger partial charge in [0, 0.05) is 10.5 Å². The molecule has 0 aliphatic carbocycles. The van der Waals surface area contributed by atoms with Crippen LogP contribution in [-0.2, 0) is 9.84 Å². The Bertz CT molecular complexity index is 818. The van der Waals surface area contributed by atoms with Gasteiger partial charge in [-0.3, -0.25) is 15.5 Å². The van der Waals surface area contributed by atoms with E-state index >= 15 is 0 Å². The first-order valence-electron chi connectivity index (χ1n) is 7.08. The van der Waals surface area contributed by atoms with Crippen molar-refractivity contribution in [2.24, 2.45) is 5.73 Å². The number of amides is 2. The molecule has 4 N–H and O–H groups in total. The number of benzene rings is 1. The van der Waals surface area contributed by atoms with Crippen LogP contribution in [0.3, 0.4) is 0 Å². The number of primary amides is 1. The second-order valence-electron chi connectivity index (χ2n) is 5.55. The number of carbonyl (C=O) groups is 1. The molecule has 1 aliphatic heterocycles. The number of rotatable bonds is 5. The normalized spacial score (nSPS) is 20.7. The number of hydrogen-bond donors (Lipinski definition) is 3. The molecule has 9 nitrogen and oxygen atoms in total. The van der Waals surface area contributed by atoms with Gasteiger partial charge in [-0.15, -0.1) is 0 Å². The number of carbonyl (C=O) groups excluding carboxylic acids is 1. The molecule has 0 spiro atoms. The van der Waals surface area contributed by atoms with Crippen molar-refractivity contribution in [3.8, 4) is 0 Å². The van der Waals surface area contributed by atoms with Gasteiger partial charge in [0.15, 0.2) is 9.84 Å². The topological polar surface area (TPSA) is 144 Å². The zero-order valence-electron chi connectivity index (χ0n) is 13.1. The highest BCUT2D eigenvalue weighted by atomic mass is 32.2. The maximum absolute atomic E-state index is 12.5. The Balaban J connectivity index is 2.60. The van der Waals surface area contributed by atoms with Crippen molar-refractivity contribution in [3.05, 3.63) is 56.0 Å². The number of nitro groups is 1. The molecule has 130 valence electrons. The number of hydrogen-bond acceptors (Lipinski definition) is 6.